The standard InChI is InChI=1S/C17H29N3/c1-14(15-7-3-2-4-8-15)18-13-16-11-12-20(19-16)17-9-5-6-10-17/h11-12,14-15,17-18H,2-10,13H2,1H3/t14-/m0/s1. The van der Waals surface area contributed by atoms with Crippen molar-refractivity contribution in [2.75, 3.05) is 0 Å². The molecule has 1 atom stereocenters. The van der Waals surface area contributed by atoms with E-state index in [2.05, 4.69) is 29.2 Å². The fraction of sp³-hybridized carbons (Fsp3) is 0.824. The summed E-state index contributed by atoms with van der Waals surface area (Å²) in [7, 11) is 0. The first-order valence-corrected chi connectivity index (χ1v) is 8.60. The van der Waals surface area contributed by atoms with E-state index in [-0.39, 0.29) is 0 Å². The molecule has 2 saturated carbocycles. The second kappa shape index (κ2) is 6.75. The van der Waals surface area contributed by atoms with Crippen LogP contribution in [0, 0.1) is 5.92 Å². The van der Waals surface area contributed by atoms with Crippen molar-refractivity contribution in [2.45, 2.75) is 83.3 Å². The molecule has 2 aliphatic carbocycles. The molecule has 1 N–H and O–H groups in total. The number of nitrogens with zero attached hydrogens (tertiary/aromatic N) is 2. The van der Waals surface area contributed by atoms with Crippen molar-refractivity contribution in [2.24, 2.45) is 5.92 Å². The van der Waals surface area contributed by atoms with Gasteiger partial charge in [0.1, 0.15) is 0 Å². The molecule has 3 nitrogen and oxygen atoms in total. The Kier molecular flexibility index (Phi) is 4.77. The van der Waals surface area contributed by atoms with Gasteiger partial charge in [0.15, 0.2) is 0 Å². The number of rotatable bonds is 5. The highest BCUT2D eigenvalue weighted by atomic mass is 15.3. The summed E-state index contributed by atoms with van der Waals surface area (Å²) in [6, 6.07) is 3.49. The molecule has 1 aromatic heterocycles. The Balaban J connectivity index is 1.47. The van der Waals surface area contributed by atoms with Gasteiger partial charge in [0, 0.05) is 18.8 Å². The van der Waals surface area contributed by atoms with E-state index in [1.165, 1.54) is 63.5 Å². The molecule has 0 aliphatic heterocycles. The zero-order valence-corrected chi connectivity index (χ0v) is 12.9. The van der Waals surface area contributed by atoms with Crippen molar-refractivity contribution < 1.29 is 0 Å². The van der Waals surface area contributed by atoms with Crippen LogP contribution in [-0.2, 0) is 6.54 Å². The van der Waals surface area contributed by atoms with Gasteiger partial charge in [-0.05, 0) is 44.6 Å². The van der Waals surface area contributed by atoms with Crippen LogP contribution in [0.1, 0.15) is 76.4 Å². The number of hydrogen-bond donors (Lipinski definition) is 1. The topological polar surface area (TPSA) is 29.9 Å². The van der Waals surface area contributed by atoms with Crippen LogP contribution in [0.3, 0.4) is 0 Å². The molecular formula is C17H29N3. The summed E-state index contributed by atoms with van der Waals surface area (Å²) < 4.78 is 2.20. The molecule has 0 aromatic carbocycles. The van der Waals surface area contributed by atoms with Crippen molar-refractivity contribution >= 4 is 0 Å². The zero-order chi connectivity index (χ0) is 13.8. The molecule has 2 aliphatic rings. The first-order chi connectivity index (χ1) is 9.83. The molecule has 0 saturated heterocycles. The molecule has 0 radical (unpaired) electrons. The Morgan fingerprint density at radius 3 is 2.60 bits per heavy atom. The maximum Gasteiger partial charge on any atom is 0.0762 e. The number of aromatic nitrogens is 2. The van der Waals surface area contributed by atoms with Crippen LogP contribution >= 0.6 is 0 Å². The number of nitrogens with one attached hydrogen (secondary N) is 1. The van der Waals surface area contributed by atoms with Gasteiger partial charge in [-0.1, -0.05) is 32.1 Å². The molecule has 1 heterocycles. The molecule has 112 valence electrons. The lowest BCUT2D eigenvalue weighted by molar-refractivity contribution is 0.279. The first-order valence-electron chi connectivity index (χ1n) is 8.60. The normalized spacial score (nSPS) is 23.2. The van der Waals surface area contributed by atoms with Crippen LogP contribution in [0.5, 0.6) is 0 Å². The van der Waals surface area contributed by atoms with Gasteiger partial charge < -0.3 is 5.32 Å². The minimum Gasteiger partial charge on any atom is -0.308 e. The Morgan fingerprint density at radius 1 is 1.15 bits per heavy atom. The SMILES string of the molecule is C[C@H](NCc1ccn(C2CCCC2)n1)C1CCCCC1. The van der Waals surface area contributed by atoms with Gasteiger partial charge in [0.05, 0.1) is 11.7 Å². The lowest BCUT2D eigenvalue weighted by Crippen LogP contribution is -2.34. The lowest BCUT2D eigenvalue weighted by Gasteiger charge is -2.28. The van der Waals surface area contributed by atoms with Gasteiger partial charge >= 0.3 is 0 Å². The summed E-state index contributed by atoms with van der Waals surface area (Å²) in [5.74, 6) is 0.876. The van der Waals surface area contributed by atoms with Crippen LogP contribution in [0.15, 0.2) is 12.3 Å². The fourth-order valence-corrected chi connectivity index (χ4v) is 3.91. The van der Waals surface area contributed by atoms with Crippen LogP contribution in [0.2, 0.25) is 0 Å². The van der Waals surface area contributed by atoms with E-state index in [0.717, 1.165) is 12.5 Å². The van der Waals surface area contributed by atoms with E-state index in [1.54, 1.807) is 0 Å². The fourth-order valence-electron chi connectivity index (χ4n) is 3.91. The van der Waals surface area contributed by atoms with Crippen molar-refractivity contribution in [1.82, 2.24) is 15.1 Å². The lowest BCUT2D eigenvalue weighted by atomic mass is 9.84. The predicted octanol–water partition coefficient (Wildman–Crippen LogP) is 4.06. The zero-order valence-electron chi connectivity index (χ0n) is 12.9. The Morgan fingerprint density at radius 2 is 1.85 bits per heavy atom. The maximum atomic E-state index is 4.76. The molecule has 1 aromatic rings. The number of hydrogen-bond acceptors (Lipinski definition) is 2. The molecule has 3 rings (SSSR count). The van der Waals surface area contributed by atoms with Gasteiger partial charge in [-0.3, -0.25) is 4.68 Å². The summed E-state index contributed by atoms with van der Waals surface area (Å²) in [6.07, 6.45) is 14.6. The van der Waals surface area contributed by atoms with Gasteiger partial charge in [-0.2, -0.15) is 5.10 Å². The van der Waals surface area contributed by atoms with Crippen molar-refractivity contribution in [3.05, 3.63) is 18.0 Å². The second-order valence-corrected chi connectivity index (χ2v) is 6.79. The first kappa shape index (κ1) is 14.1. The van der Waals surface area contributed by atoms with Crippen molar-refractivity contribution in [1.29, 1.82) is 0 Å². The highest BCUT2D eigenvalue weighted by Crippen LogP contribution is 2.29. The molecular weight excluding hydrogens is 246 g/mol. The van der Waals surface area contributed by atoms with Crippen molar-refractivity contribution in [3.8, 4) is 0 Å². The average molecular weight is 275 g/mol. The summed E-state index contributed by atoms with van der Waals surface area (Å²) in [5, 5.41) is 8.46. The summed E-state index contributed by atoms with van der Waals surface area (Å²) >= 11 is 0. The van der Waals surface area contributed by atoms with E-state index in [0.29, 0.717) is 12.1 Å². The average Bonchev–Trinajstić information content (AvgIpc) is 3.16. The van der Waals surface area contributed by atoms with Gasteiger partial charge in [-0.25, -0.2) is 0 Å². The van der Waals surface area contributed by atoms with E-state index >= 15 is 0 Å². The van der Waals surface area contributed by atoms with E-state index in [9.17, 15) is 0 Å². The van der Waals surface area contributed by atoms with Crippen LogP contribution in [-0.4, -0.2) is 15.8 Å². The Hall–Kier alpha value is -0.830. The quantitative estimate of drug-likeness (QED) is 0.878. The molecule has 3 heteroatoms. The minimum atomic E-state index is 0.631. The molecule has 2 fully saturated rings. The third-order valence-corrected chi connectivity index (χ3v) is 5.32. The Labute approximate surface area is 123 Å². The van der Waals surface area contributed by atoms with E-state index in [1.807, 2.05) is 0 Å². The van der Waals surface area contributed by atoms with Crippen LogP contribution in [0.25, 0.3) is 0 Å². The largest absolute Gasteiger partial charge is 0.308 e. The Bertz CT molecular complexity index is 400. The van der Waals surface area contributed by atoms with Gasteiger partial charge in [-0.15, -0.1) is 0 Å². The van der Waals surface area contributed by atoms with Crippen LogP contribution < -0.4 is 5.32 Å². The van der Waals surface area contributed by atoms with Crippen LogP contribution in [0.4, 0.5) is 0 Å². The van der Waals surface area contributed by atoms with E-state index in [4.69, 9.17) is 5.10 Å². The maximum absolute atomic E-state index is 4.76. The summed E-state index contributed by atoms with van der Waals surface area (Å²) in [4.78, 5) is 0. The molecule has 0 spiro atoms. The smallest absolute Gasteiger partial charge is 0.0762 e. The van der Waals surface area contributed by atoms with Gasteiger partial charge in [0.25, 0.3) is 0 Å². The highest BCUT2D eigenvalue weighted by molar-refractivity contribution is 5.00. The van der Waals surface area contributed by atoms with Crippen molar-refractivity contribution in [3.63, 3.8) is 0 Å². The summed E-state index contributed by atoms with van der Waals surface area (Å²) in [6.45, 7) is 3.28. The third kappa shape index (κ3) is 3.43. The predicted molar refractivity (Wildman–Crippen MR) is 82.6 cm³/mol. The monoisotopic (exact) mass is 275 g/mol. The second-order valence-electron chi connectivity index (χ2n) is 6.79. The molecule has 0 amide bonds. The highest BCUT2D eigenvalue weighted by Gasteiger charge is 2.20. The molecule has 0 bridgehead atoms. The third-order valence-electron chi connectivity index (χ3n) is 5.32. The molecule has 20 heavy (non-hydrogen) atoms. The molecule has 0 unspecified atom stereocenters. The van der Waals surface area contributed by atoms with E-state index < -0.39 is 0 Å². The summed E-state index contributed by atoms with van der Waals surface area (Å²) in [5.41, 5.74) is 1.21. The minimum absolute atomic E-state index is 0.631. The van der Waals surface area contributed by atoms with Gasteiger partial charge in [0.2, 0.25) is 0 Å².